The van der Waals surface area contributed by atoms with Gasteiger partial charge in [0.05, 0.1) is 12.0 Å². The molecule has 1 amide bonds. The standard InChI is InChI=1S/C15H28N2O2/c1-10-3-4-14(16)13(9-10)15(19)17-7-5-12(6-8-17)11(2)18/h10-14,18H,3-9,16H2,1-2H3. The van der Waals surface area contributed by atoms with Gasteiger partial charge >= 0.3 is 0 Å². The molecule has 19 heavy (non-hydrogen) atoms. The third-order valence-electron chi connectivity index (χ3n) is 5.02. The number of hydrogen-bond acceptors (Lipinski definition) is 3. The van der Waals surface area contributed by atoms with Gasteiger partial charge in [-0.15, -0.1) is 0 Å². The van der Waals surface area contributed by atoms with Crippen molar-refractivity contribution in [3.05, 3.63) is 0 Å². The molecule has 0 aromatic heterocycles. The van der Waals surface area contributed by atoms with E-state index < -0.39 is 0 Å². The lowest BCUT2D eigenvalue weighted by Crippen LogP contribution is -2.49. The number of rotatable bonds is 2. The first-order chi connectivity index (χ1) is 8.99. The smallest absolute Gasteiger partial charge is 0.227 e. The van der Waals surface area contributed by atoms with Gasteiger partial charge in [-0.05, 0) is 50.9 Å². The van der Waals surface area contributed by atoms with Gasteiger partial charge in [-0.25, -0.2) is 0 Å². The molecule has 3 N–H and O–H groups in total. The molecule has 4 atom stereocenters. The molecule has 4 heteroatoms. The highest BCUT2D eigenvalue weighted by molar-refractivity contribution is 5.79. The number of aliphatic hydroxyl groups excluding tert-OH is 1. The van der Waals surface area contributed by atoms with Gasteiger partial charge in [-0.1, -0.05) is 6.92 Å². The van der Waals surface area contributed by atoms with Crippen LogP contribution in [0.15, 0.2) is 0 Å². The topological polar surface area (TPSA) is 66.6 Å². The van der Waals surface area contributed by atoms with E-state index in [1.807, 2.05) is 11.8 Å². The van der Waals surface area contributed by atoms with Crippen molar-refractivity contribution in [1.82, 2.24) is 4.90 Å². The Morgan fingerprint density at radius 3 is 2.47 bits per heavy atom. The normalized spacial score (nSPS) is 35.2. The lowest BCUT2D eigenvalue weighted by atomic mass is 9.78. The van der Waals surface area contributed by atoms with Gasteiger partial charge in [0.15, 0.2) is 0 Å². The minimum atomic E-state index is -0.255. The van der Waals surface area contributed by atoms with Crippen LogP contribution in [0.5, 0.6) is 0 Å². The van der Waals surface area contributed by atoms with Crippen LogP contribution in [0.1, 0.15) is 46.0 Å². The van der Waals surface area contributed by atoms with E-state index >= 15 is 0 Å². The number of hydrogen-bond donors (Lipinski definition) is 2. The SMILES string of the molecule is CC1CCC(N)C(C(=O)N2CCC(C(C)O)CC2)C1. The number of nitrogens with zero attached hydrogens (tertiary/aromatic N) is 1. The molecule has 0 aromatic carbocycles. The first-order valence-corrected chi connectivity index (χ1v) is 7.71. The molecule has 0 aromatic rings. The van der Waals surface area contributed by atoms with E-state index in [9.17, 15) is 9.90 Å². The summed E-state index contributed by atoms with van der Waals surface area (Å²) in [5.74, 6) is 1.24. The van der Waals surface area contributed by atoms with Crippen LogP contribution in [0.25, 0.3) is 0 Å². The van der Waals surface area contributed by atoms with Gasteiger partial charge in [0.25, 0.3) is 0 Å². The molecular formula is C15H28N2O2. The fourth-order valence-corrected chi connectivity index (χ4v) is 3.52. The maximum Gasteiger partial charge on any atom is 0.227 e. The molecule has 4 nitrogen and oxygen atoms in total. The van der Waals surface area contributed by atoms with Crippen molar-refractivity contribution >= 4 is 5.91 Å². The van der Waals surface area contributed by atoms with Crippen molar-refractivity contribution in [3.8, 4) is 0 Å². The van der Waals surface area contributed by atoms with Gasteiger partial charge in [0, 0.05) is 19.1 Å². The molecule has 110 valence electrons. The number of carbonyl (C=O) groups excluding carboxylic acids is 1. The van der Waals surface area contributed by atoms with Crippen molar-refractivity contribution in [2.45, 2.75) is 58.1 Å². The van der Waals surface area contributed by atoms with Gasteiger partial charge in [0.2, 0.25) is 5.91 Å². The minimum Gasteiger partial charge on any atom is -0.393 e. The zero-order valence-electron chi connectivity index (χ0n) is 12.2. The van der Waals surface area contributed by atoms with Crippen LogP contribution in [-0.4, -0.2) is 41.1 Å². The van der Waals surface area contributed by atoms with Crippen LogP contribution in [0.2, 0.25) is 0 Å². The van der Waals surface area contributed by atoms with Crippen LogP contribution >= 0.6 is 0 Å². The number of aliphatic hydroxyl groups is 1. The first kappa shape index (κ1) is 14.8. The molecule has 4 unspecified atom stereocenters. The van der Waals surface area contributed by atoms with Crippen molar-refractivity contribution in [2.75, 3.05) is 13.1 Å². The molecule has 0 radical (unpaired) electrons. The number of piperidine rings is 1. The lowest BCUT2D eigenvalue weighted by Gasteiger charge is -2.39. The predicted octanol–water partition coefficient (Wildman–Crippen LogP) is 1.37. The van der Waals surface area contributed by atoms with Crippen LogP contribution < -0.4 is 5.73 Å². The molecule has 1 saturated heterocycles. The Hall–Kier alpha value is -0.610. The second-order valence-electron chi connectivity index (χ2n) is 6.59. The second kappa shape index (κ2) is 6.23. The lowest BCUT2D eigenvalue weighted by molar-refractivity contribution is -0.139. The summed E-state index contributed by atoms with van der Waals surface area (Å²) in [4.78, 5) is 14.5. The monoisotopic (exact) mass is 268 g/mol. The molecule has 2 rings (SSSR count). The molecular weight excluding hydrogens is 240 g/mol. The summed E-state index contributed by atoms with van der Waals surface area (Å²) in [5, 5.41) is 9.60. The Morgan fingerprint density at radius 2 is 1.89 bits per heavy atom. The summed E-state index contributed by atoms with van der Waals surface area (Å²) in [6, 6.07) is 0.0400. The maximum atomic E-state index is 12.6. The number of nitrogens with two attached hydrogens (primary N) is 1. The average Bonchev–Trinajstić information content (AvgIpc) is 2.41. The molecule has 1 aliphatic carbocycles. The van der Waals surface area contributed by atoms with Crippen LogP contribution in [-0.2, 0) is 4.79 Å². The van der Waals surface area contributed by atoms with E-state index in [1.54, 1.807) is 0 Å². The van der Waals surface area contributed by atoms with Gasteiger partial charge < -0.3 is 15.7 Å². The highest BCUT2D eigenvalue weighted by atomic mass is 16.3. The summed E-state index contributed by atoms with van der Waals surface area (Å²) in [5.41, 5.74) is 6.14. The minimum absolute atomic E-state index is 0.0202. The molecule has 2 aliphatic rings. The van der Waals surface area contributed by atoms with Crippen LogP contribution in [0, 0.1) is 17.8 Å². The van der Waals surface area contributed by atoms with Crippen LogP contribution in [0.4, 0.5) is 0 Å². The van der Waals surface area contributed by atoms with E-state index in [2.05, 4.69) is 6.92 Å². The fourth-order valence-electron chi connectivity index (χ4n) is 3.52. The zero-order valence-corrected chi connectivity index (χ0v) is 12.2. The Bertz CT molecular complexity index is 311. The van der Waals surface area contributed by atoms with Crippen molar-refractivity contribution in [1.29, 1.82) is 0 Å². The van der Waals surface area contributed by atoms with E-state index in [1.165, 1.54) is 0 Å². The van der Waals surface area contributed by atoms with Gasteiger partial charge in [-0.3, -0.25) is 4.79 Å². The number of amides is 1. The summed E-state index contributed by atoms with van der Waals surface area (Å²) in [6.07, 6.45) is 4.64. The number of carbonyl (C=O) groups is 1. The van der Waals surface area contributed by atoms with E-state index in [4.69, 9.17) is 5.73 Å². The highest BCUT2D eigenvalue weighted by Gasteiger charge is 2.35. The largest absolute Gasteiger partial charge is 0.393 e. The second-order valence-corrected chi connectivity index (χ2v) is 6.59. The summed E-state index contributed by atoms with van der Waals surface area (Å²) in [7, 11) is 0. The molecule has 2 fully saturated rings. The van der Waals surface area contributed by atoms with Crippen LogP contribution in [0.3, 0.4) is 0 Å². The maximum absolute atomic E-state index is 12.6. The highest BCUT2D eigenvalue weighted by Crippen LogP contribution is 2.30. The quantitative estimate of drug-likeness (QED) is 0.795. The average molecular weight is 268 g/mol. The summed E-state index contributed by atoms with van der Waals surface area (Å²) in [6.45, 7) is 5.63. The Labute approximate surface area is 116 Å². The van der Waals surface area contributed by atoms with Gasteiger partial charge in [0.1, 0.15) is 0 Å². The third-order valence-corrected chi connectivity index (χ3v) is 5.02. The predicted molar refractivity (Wildman–Crippen MR) is 75.5 cm³/mol. The van der Waals surface area contributed by atoms with E-state index in [-0.39, 0.29) is 24.0 Å². The Morgan fingerprint density at radius 1 is 1.26 bits per heavy atom. The Kier molecular flexibility index (Phi) is 4.85. The van der Waals surface area contributed by atoms with Gasteiger partial charge in [-0.2, -0.15) is 0 Å². The molecule has 1 aliphatic heterocycles. The van der Waals surface area contributed by atoms with Crippen molar-refractivity contribution in [2.24, 2.45) is 23.5 Å². The van der Waals surface area contributed by atoms with Crippen molar-refractivity contribution in [3.63, 3.8) is 0 Å². The molecule has 1 heterocycles. The molecule has 0 bridgehead atoms. The summed E-state index contributed by atoms with van der Waals surface area (Å²) >= 11 is 0. The first-order valence-electron chi connectivity index (χ1n) is 7.71. The zero-order chi connectivity index (χ0) is 14.0. The molecule has 0 spiro atoms. The Balaban J connectivity index is 1.90. The molecule has 1 saturated carbocycles. The third kappa shape index (κ3) is 3.48. The fraction of sp³-hybridized carbons (Fsp3) is 0.933. The van der Waals surface area contributed by atoms with Crippen molar-refractivity contribution < 1.29 is 9.90 Å². The van der Waals surface area contributed by atoms with E-state index in [0.717, 1.165) is 45.2 Å². The summed E-state index contributed by atoms with van der Waals surface area (Å²) < 4.78 is 0. The number of likely N-dealkylation sites (tertiary alicyclic amines) is 1. The van der Waals surface area contributed by atoms with E-state index in [0.29, 0.717) is 11.8 Å².